The van der Waals surface area contributed by atoms with Crippen molar-refractivity contribution in [1.29, 1.82) is 0 Å². The van der Waals surface area contributed by atoms with Crippen LogP contribution in [0.5, 0.6) is 0 Å². The molecule has 0 saturated carbocycles. The molecule has 2 aromatic carbocycles. The minimum atomic E-state index is -0.182. The molecule has 0 aromatic heterocycles. The predicted molar refractivity (Wildman–Crippen MR) is 98.7 cm³/mol. The number of aliphatic hydroxyl groups is 1. The largest absolute Gasteiger partial charge is 0.395 e. The number of hydrogen-bond acceptors (Lipinski definition) is 4. The summed E-state index contributed by atoms with van der Waals surface area (Å²) in [5, 5.41) is 17.5. The Labute approximate surface area is 150 Å². The van der Waals surface area contributed by atoms with Gasteiger partial charge < -0.3 is 15.3 Å². The van der Waals surface area contributed by atoms with E-state index in [4.69, 9.17) is 4.84 Å². The average Bonchev–Trinajstić information content (AvgIpc) is 2.99. The molecule has 0 fully saturated rings. The first-order valence-electron chi connectivity index (χ1n) is 8.03. The molecule has 1 aliphatic heterocycles. The van der Waals surface area contributed by atoms with Crippen molar-refractivity contribution in [2.45, 2.75) is 25.6 Å². The van der Waals surface area contributed by atoms with Gasteiger partial charge in [0.1, 0.15) is 0 Å². The van der Waals surface area contributed by atoms with Gasteiger partial charge in [0.2, 0.25) is 0 Å². The lowest BCUT2D eigenvalue weighted by molar-refractivity contribution is 0.0437. The molecule has 3 atom stereocenters. The van der Waals surface area contributed by atoms with E-state index < -0.39 is 0 Å². The molecule has 0 aliphatic carbocycles. The molecule has 1 aliphatic rings. The second-order valence-corrected chi connectivity index (χ2v) is 6.91. The molecular weight excluding hydrogens is 368 g/mol. The maximum absolute atomic E-state index is 9.91. The maximum Gasteiger partial charge on any atom is 0.162 e. The highest BCUT2D eigenvalue weighted by Gasteiger charge is 2.38. The number of nitrogens with one attached hydrogen (secondary N) is 1. The fourth-order valence-corrected chi connectivity index (χ4v) is 3.32. The summed E-state index contributed by atoms with van der Waals surface area (Å²) in [6.45, 7) is 2.68. The summed E-state index contributed by atoms with van der Waals surface area (Å²) in [7, 11) is 0. The summed E-state index contributed by atoms with van der Waals surface area (Å²) >= 11 is 3.45. The van der Waals surface area contributed by atoms with Crippen LogP contribution in [-0.4, -0.2) is 23.5 Å². The standard InChI is InChI=1S/C19H21BrN2O2/c1-13-18(17(12-23)21-11-14-5-3-2-4-6-14)19(24-22-13)15-7-9-16(20)10-8-15/h2-10,17-19,21,23H,11-12H2,1H3. The van der Waals surface area contributed by atoms with Gasteiger partial charge >= 0.3 is 0 Å². The Morgan fingerprint density at radius 1 is 1.17 bits per heavy atom. The number of oxime groups is 1. The van der Waals surface area contributed by atoms with Gasteiger partial charge in [0, 0.05) is 17.1 Å². The summed E-state index contributed by atoms with van der Waals surface area (Å²) in [6, 6.07) is 18.1. The molecule has 1 heterocycles. The van der Waals surface area contributed by atoms with Crippen LogP contribution in [0.15, 0.2) is 64.2 Å². The number of aliphatic hydroxyl groups excluding tert-OH is 1. The highest BCUT2D eigenvalue weighted by molar-refractivity contribution is 9.10. The fourth-order valence-electron chi connectivity index (χ4n) is 3.06. The van der Waals surface area contributed by atoms with Crippen molar-refractivity contribution < 1.29 is 9.94 Å². The van der Waals surface area contributed by atoms with E-state index in [2.05, 4.69) is 38.5 Å². The predicted octanol–water partition coefficient (Wildman–Crippen LogP) is 3.66. The third-order valence-electron chi connectivity index (χ3n) is 4.36. The van der Waals surface area contributed by atoms with Crippen LogP contribution >= 0.6 is 15.9 Å². The van der Waals surface area contributed by atoms with Gasteiger partial charge in [0.05, 0.1) is 18.2 Å². The van der Waals surface area contributed by atoms with Crippen LogP contribution in [0.3, 0.4) is 0 Å². The lowest BCUT2D eigenvalue weighted by atomic mass is 9.86. The highest BCUT2D eigenvalue weighted by Crippen LogP contribution is 2.35. The average molecular weight is 389 g/mol. The number of rotatable bonds is 6. The van der Waals surface area contributed by atoms with Crippen molar-refractivity contribution in [1.82, 2.24) is 5.32 Å². The minimum Gasteiger partial charge on any atom is -0.395 e. The summed E-state index contributed by atoms with van der Waals surface area (Å²) in [5.74, 6) is -0.000104. The molecule has 3 rings (SSSR count). The van der Waals surface area contributed by atoms with Gasteiger partial charge in [-0.2, -0.15) is 0 Å². The van der Waals surface area contributed by atoms with Crippen molar-refractivity contribution in [2.75, 3.05) is 6.61 Å². The van der Waals surface area contributed by atoms with Crippen LogP contribution in [0.1, 0.15) is 24.2 Å². The first-order chi connectivity index (χ1) is 11.7. The fraction of sp³-hybridized carbons (Fsp3) is 0.316. The van der Waals surface area contributed by atoms with Crippen LogP contribution in [0.4, 0.5) is 0 Å². The molecule has 24 heavy (non-hydrogen) atoms. The van der Waals surface area contributed by atoms with Gasteiger partial charge in [0.25, 0.3) is 0 Å². The van der Waals surface area contributed by atoms with Crippen molar-refractivity contribution in [2.24, 2.45) is 11.1 Å². The number of nitrogens with zero attached hydrogens (tertiary/aromatic N) is 1. The molecule has 0 radical (unpaired) electrons. The Bertz CT molecular complexity index is 688. The van der Waals surface area contributed by atoms with E-state index in [9.17, 15) is 5.11 Å². The maximum atomic E-state index is 9.91. The van der Waals surface area contributed by atoms with Gasteiger partial charge in [-0.15, -0.1) is 0 Å². The number of halogens is 1. The monoisotopic (exact) mass is 388 g/mol. The molecule has 2 aromatic rings. The normalized spacial score (nSPS) is 21.2. The number of benzene rings is 2. The minimum absolute atomic E-state index is 0.000104. The smallest absolute Gasteiger partial charge is 0.162 e. The van der Waals surface area contributed by atoms with Crippen molar-refractivity contribution in [3.05, 3.63) is 70.2 Å². The van der Waals surface area contributed by atoms with E-state index in [0.717, 1.165) is 15.7 Å². The molecule has 5 heteroatoms. The molecule has 4 nitrogen and oxygen atoms in total. The second-order valence-electron chi connectivity index (χ2n) is 5.99. The Morgan fingerprint density at radius 2 is 1.88 bits per heavy atom. The van der Waals surface area contributed by atoms with Crippen LogP contribution in [0.2, 0.25) is 0 Å². The van der Waals surface area contributed by atoms with Crippen LogP contribution in [0.25, 0.3) is 0 Å². The molecule has 2 N–H and O–H groups in total. The molecule has 0 amide bonds. The second kappa shape index (κ2) is 7.92. The quantitative estimate of drug-likeness (QED) is 0.793. The van der Waals surface area contributed by atoms with E-state index in [1.54, 1.807) is 0 Å². The zero-order valence-electron chi connectivity index (χ0n) is 13.5. The van der Waals surface area contributed by atoms with E-state index >= 15 is 0 Å². The Morgan fingerprint density at radius 3 is 2.54 bits per heavy atom. The van der Waals surface area contributed by atoms with Crippen LogP contribution in [-0.2, 0) is 11.4 Å². The summed E-state index contributed by atoms with van der Waals surface area (Å²) in [4.78, 5) is 5.66. The lowest BCUT2D eigenvalue weighted by Gasteiger charge is -2.27. The zero-order valence-corrected chi connectivity index (χ0v) is 15.1. The molecule has 3 unspecified atom stereocenters. The molecule has 126 valence electrons. The van der Waals surface area contributed by atoms with Gasteiger partial charge in [-0.25, -0.2) is 0 Å². The SMILES string of the molecule is CC1=NOC(c2ccc(Br)cc2)C1C(CO)NCc1ccccc1. The van der Waals surface area contributed by atoms with E-state index in [0.29, 0.717) is 6.54 Å². The molecular formula is C19H21BrN2O2. The zero-order chi connectivity index (χ0) is 16.9. The Kier molecular flexibility index (Phi) is 5.66. The van der Waals surface area contributed by atoms with Crippen LogP contribution in [0, 0.1) is 5.92 Å². The molecule has 0 saturated heterocycles. The molecule has 0 bridgehead atoms. The van der Waals surface area contributed by atoms with E-state index in [-0.39, 0.29) is 24.7 Å². The Balaban J connectivity index is 1.74. The first kappa shape index (κ1) is 17.1. The lowest BCUT2D eigenvalue weighted by Crippen LogP contribution is -2.43. The van der Waals surface area contributed by atoms with Crippen molar-refractivity contribution >= 4 is 21.6 Å². The van der Waals surface area contributed by atoms with Gasteiger partial charge in [-0.3, -0.25) is 0 Å². The van der Waals surface area contributed by atoms with Gasteiger partial charge in [-0.1, -0.05) is 63.6 Å². The summed E-state index contributed by atoms with van der Waals surface area (Å²) in [5.41, 5.74) is 3.15. The van der Waals surface area contributed by atoms with Gasteiger partial charge in [0.15, 0.2) is 6.10 Å². The van der Waals surface area contributed by atoms with Gasteiger partial charge in [-0.05, 0) is 30.2 Å². The van der Waals surface area contributed by atoms with E-state index in [1.807, 2.05) is 49.4 Å². The summed E-state index contributed by atoms with van der Waals surface area (Å²) < 4.78 is 1.03. The molecule has 0 spiro atoms. The Hall–Kier alpha value is -1.69. The van der Waals surface area contributed by atoms with Crippen LogP contribution < -0.4 is 5.32 Å². The summed E-state index contributed by atoms with van der Waals surface area (Å²) in [6.07, 6.45) is -0.182. The van der Waals surface area contributed by atoms with E-state index in [1.165, 1.54) is 5.56 Å². The third-order valence-corrected chi connectivity index (χ3v) is 4.89. The first-order valence-corrected chi connectivity index (χ1v) is 8.82. The topological polar surface area (TPSA) is 53.9 Å². The number of hydrogen-bond donors (Lipinski definition) is 2. The highest BCUT2D eigenvalue weighted by atomic mass is 79.9. The third kappa shape index (κ3) is 3.86. The van der Waals surface area contributed by atoms with Crippen molar-refractivity contribution in [3.63, 3.8) is 0 Å². The van der Waals surface area contributed by atoms with Crippen molar-refractivity contribution in [3.8, 4) is 0 Å².